The van der Waals surface area contributed by atoms with Gasteiger partial charge in [0.2, 0.25) is 0 Å². The molecule has 0 fully saturated rings. The zero-order valence-corrected chi connectivity index (χ0v) is 51.8. The Kier molecular flexibility index (Phi) is 100. The fourth-order valence-corrected chi connectivity index (χ4v) is 5.04. The van der Waals surface area contributed by atoms with Crippen LogP contribution < -0.4 is 9.13 Å². The molecule has 2 aromatic heterocycles. The molecular formula is C66H126N2O+2. The first-order chi connectivity index (χ1) is 33.4. The lowest BCUT2D eigenvalue weighted by Crippen LogP contribution is -2.31. The van der Waals surface area contributed by atoms with Crippen LogP contribution in [0.4, 0.5) is 0 Å². The van der Waals surface area contributed by atoms with Gasteiger partial charge in [0, 0.05) is 37.1 Å². The average Bonchev–Trinajstić information content (AvgIpc) is 3.40. The number of hydrogen-bond acceptors (Lipinski definition) is 1. The molecule has 69 heavy (non-hydrogen) atoms. The van der Waals surface area contributed by atoms with Crippen molar-refractivity contribution in [2.75, 3.05) is 0 Å². The van der Waals surface area contributed by atoms with Crippen molar-refractivity contribution < 1.29 is 13.9 Å². The second-order valence-electron chi connectivity index (χ2n) is 15.2. The van der Waals surface area contributed by atoms with E-state index in [4.69, 9.17) is 0 Å². The van der Waals surface area contributed by atoms with Gasteiger partial charge in [-0.05, 0) is 115 Å². The van der Waals surface area contributed by atoms with Gasteiger partial charge in [0.05, 0.1) is 0 Å². The van der Waals surface area contributed by atoms with Crippen molar-refractivity contribution >= 4 is 5.78 Å². The summed E-state index contributed by atoms with van der Waals surface area (Å²) in [5.41, 5.74) is 9.16. The van der Waals surface area contributed by atoms with Gasteiger partial charge in [0.1, 0.15) is 18.9 Å². The smallest absolute Gasteiger partial charge is 0.168 e. The number of aromatic nitrogens is 2. The third-order valence-electron chi connectivity index (χ3n) is 8.04. The summed E-state index contributed by atoms with van der Waals surface area (Å²) in [4.78, 5) is 9.44. The van der Waals surface area contributed by atoms with E-state index in [2.05, 4.69) is 190 Å². The fraction of sp³-hybridized carbons (Fsp3) is 0.621. The predicted octanol–water partition coefficient (Wildman–Crippen LogP) is 21.3. The van der Waals surface area contributed by atoms with Crippen LogP contribution in [-0.4, -0.2) is 5.78 Å². The molecule has 0 unspecified atom stereocenters. The number of aryl methyl sites for hydroxylation is 6. The summed E-state index contributed by atoms with van der Waals surface area (Å²) in [6.45, 7) is 54.9. The standard InChI is InChI=1S/2C10H12.2C8H12N.C6H12.C3H6O.3C3H8.6C2H6/c2*1-2-6-10-8-4-3-7-9(10)5-1;2*1-2-6-9-7-4-3-5-8-9;1-5(2)6(3)4;1-3(2)4;3*1-3-2;6*1-2/h2*1-2,5-6H,3-4,7-8H2;2*3-5,7-8H,2,6H2,1H3;1-4H3;1-2H3;3*3H2,1-2H3;6*1-2H3/q;;2*+1;;;;;;;;;;;. The Morgan fingerprint density at radius 1 is 0.348 bits per heavy atom. The van der Waals surface area contributed by atoms with Crippen molar-refractivity contribution in [1.29, 1.82) is 0 Å². The quantitative estimate of drug-likeness (QED) is 0.148. The largest absolute Gasteiger partial charge is 0.300 e. The van der Waals surface area contributed by atoms with Crippen molar-refractivity contribution in [3.05, 3.63) is 143 Å². The maximum absolute atomic E-state index is 9.44. The third-order valence-corrected chi connectivity index (χ3v) is 8.04. The Labute approximate surface area is 437 Å². The van der Waals surface area contributed by atoms with E-state index in [0.29, 0.717) is 0 Å². The molecule has 2 aliphatic rings. The number of hydrogen-bond donors (Lipinski definition) is 0. The van der Waals surface area contributed by atoms with Crippen molar-refractivity contribution in [1.82, 2.24) is 0 Å². The first kappa shape index (κ1) is 85.0. The molecule has 4 aromatic rings. The number of nitrogens with zero attached hydrogens (tertiary/aromatic N) is 2. The fourth-order valence-electron chi connectivity index (χ4n) is 5.04. The highest BCUT2D eigenvalue weighted by Crippen LogP contribution is 2.20. The number of pyridine rings is 2. The van der Waals surface area contributed by atoms with Gasteiger partial charge in [-0.3, -0.25) is 0 Å². The monoisotopic (exact) mass is 963 g/mol. The summed E-state index contributed by atoms with van der Waals surface area (Å²) in [5, 5.41) is 0. The van der Waals surface area contributed by atoms with Gasteiger partial charge < -0.3 is 4.79 Å². The predicted molar refractivity (Wildman–Crippen MR) is 322 cm³/mol. The molecule has 0 saturated heterocycles. The lowest BCUT2D eigenvalue weighted by atomic mass is 9.92. The molecule has 0 amide bonds. The Hall–Kier alpha value is -3.85. The van der Waals surface area contributed by atoms with Crippen molar-refractivity contribution in [2.45, 2.75) is 277 Å². The van der Waals surface area contributed by atoms with E-state index >= 15 is 0 Å². The van der Waals surface area contributed by atoms with Crippen molar-refractivity contribution in [2.24, 2.45) is 0 Å². The Bertz CT molecular complexity index is 1290. The Morgan fingerprint density at radius 3 is 0.667 bits per heavy atom. The number of fused-ring (bicyclic) bond motifs is 2. The molecule has 6 rings (SSSR count). The summed E-state index contributed by atoms with van der Waals surface area (Å²) in [5.74, 6) is 0.167. The van der Waals surface area contributed by atoms with E-state index in [1.54, 1.807) is 22.3 Å². The summed E-state index contributed by atoms with van der Waals surface area (Å²) in [6.07, 6.45) is 25.3. The van der Waals surface area contributed by atoms with Gasteiger partial charge in [-0.25, -0.2) is 9.13 Å². The maximum Gasteiger partial charge on any atom is 0.168 e. The topological polar surface area (TPSA) is 24.8 Å². The van der Waals surface area contributed by atoms with Gasteiger partial charge in [-0.1, -0.05) is 230 Å². The van der Waals surface area contributed by atoms with Crippen LogP contribution in [0.15, 0.2) is 121 Å². The summed E-state index contributed by atoms with van der Waals surface area (Å²) in [7, 11) is 0. The van der Waals surface area contributed by atoms with Crippen LogP contribution in [0.3, 0.4) is 0 Å². The van der Waals surface area contributed by atoms with Crippen LogP contribution in [0, 0.1) is 0 Å². The number of carbonyl (C=O) groups is 1. The molecule has 3 nitrogen and oxygen atoms in total. The molecule has 2 heterocycles. The van der Waals surface area contributed by atoms with E-state index in [9.17, 15) is 4.79 Å². The van der Waals surface area contributed by atoms with Crippen LogP contribution >= 0.6 is 0 Å². The third kappa shape index (κ3) is 73.3. The Morgan fingerprint density at radius 2 is 0.522 bits per heavy atom. The molecule has 0 N–H and O–H groups in total. The van der Waals surface area contributed by atoms with E-state index < -0.39 is 0 Å². The summed E-state index contributed by atoms with van der Waals surface area (Å²) in [6, 6.07) is 29.9. The number of ketones is 1. The minimum Gasteiger partial charge on any atom is -0.300 e. The first-order valence-corrected chi connectivity index (χ1v) is 28.5. The van der Waals surface area contributed by atoms with Crippen molar-refractivity contribution in [3.63, 3.8) is 0 Å². The second kappa shape index (κ2) is 81.1. The molecule has 0 aliphatic heterocycles. The van der Waals surface area contributed by atoms with Gasteiger partial charge in [-0.2, -0.15) is 0 Å². The van der Waals surface area contributed by atoms with Gasteiger partial charge in [0.25, 0.3) is 0 Å². The highest BCUT2D eigenvalue weighted by molar-refractivity contribution is 5.72. The second-order valence-corrected chi connectivity index (χ2v) is 15.2. The van der Waals surface area contributed by atoms with Crippen LogP contribution in [-0.2, 0) is 43.6 Å². The molecule has 0 spiro atoms. The zero-order chi connectivity index (χ0) is 55.5. The number of allylic oxidation sites excluding steroid dienone is 2. The molecule has 0 saturated carbocycles. The summed E-state index contributed by atoms with van der Waals surface area (Å²) < 4.78 is 4.36. The van der Waals surface area contributed by atoms with Gasteiger partial charge >= 0.3 is 0 Å². The maximum atomic E-state index is 9.44. The van der Waals surface area contributed by atoms with Gasteiger partial charge in [-0.15, -0.1) is 0 Å². The SMILES string of the molecule is CC.CC.CC.CC.CC.CC.CC(C)=C(C)C.CC(C)=O.CCC.CCC.CCC.CCC[n+]1ccccc1.CCC[n+]1ccccc1.c1ccc2c(c1)CCCC2.c1ccc2c(c1)CCCC2. The minimum absolute atomic E-state index is 0.167. The highest BCUT2D eigenvalue weighted by atomic mass is 16.1. The molecular weight excluding hydrogens is 837 g/mol. The van der Waals surface area contributed by atoms with Crippen LogP contribution in [0.1, 0.15) is 260 Å². The molecule has 2 aromatic carbocycles. The molecule has 0 radical (unpaired) electrons. The minimum atomic E-state index is 0.167. The number of Topliss-reactive ketones (excluding diaryl/α,β-unsaturated/α-hetero) is 1. The van der Waals surface area contributed by atoms with Crippen LogP contribution in [0.5, 0.6) is 0 Å². The van der Waals surface area contributed by atoms with Crippen molar-refractivity contribution in [3.8, 4) is 0 Å². The number of carbonyl (C=O) groups excluding carboxylic acids is 1. The molecule has 2 aliphatic carbocycles. The normalized spacial score (nSPS) is 9.59. The number of rotatable bonds is 4. The zero-order valence-electron chi connectivity index (χ0n) is 51.8. The lowest BCUT2D eigenvalue weighted by molar-refractivity contribution is -0.697. The van der Waals surface area contributed by atoms with E-state index in [1.807, 2.05) is 95.2 Å². The van der Waals surface area contributed by atoms with E-state index in [0.717, 1.165) is 13.1 Å². The average molecular weight is 964 g/mol. The molecule has 3 heteroatoms. The molecule has 0 bridgehead atoms. The van der Waals surface area contributed by atoms with E-state index in [1.165, 1.54) is 108 Å². The van der Waals surface area contributed by atoms with Gasteiger partial charge in [0.15, 0.2) is 24.8 Å². The first-order valence-electron chi connectivity index (χ1n) is 28.5. The summed E-state index contributed by atoms with van der Waals surface area (Å²) >= 11 is 0. The van der Waals surface area contributed by atoms with Crippen LogP contribution in [0.2, 0.25) is 0 Å². The molecule has 404 valence electrons. The lowest BCUT2D eigenvalue weighted by Gasteiger charge is -2.13. The van der Waals surface area contributed by atoms with E-state index in [-0.39, 0.29) is 5.78 Å². The Balaban J connectivity index is -0.0000000839. The molecule has 0 atom stereocenters. The number of benzene rings is 2. The van der Waals surface area contributed by atoms with Crippen LogP contribution in [0.25, 0.3) is 0 Å². The highest BCUT2D eigenvalue weighted by Gasteiger charge is 2.07.